The highest BCUT2D eigenvalue weighted by atomic mass is 35.5. The topological polar surface area (TPSA) is 43.1 Å². The molecule has 0 saturated heterocycles. The van der Waals surface area contributed by atoms with Crippen molar-refractivity contribution >= 4 is 17.2 Å². The van der Waals surface area contributed by atoms with Gasteiger partial charge in [-0.1, -0.05) is 24.9 Å². The van der Waals surface area contributed by atoms with Gasteiger partial charge in [0.2, 0.25) is 0 Å². The summed E-state index contributed by atoms with van der Waals surface area (Å²) in [6.45, 7) is 2.14. The summed E-state index contributed by atoms with van der Waals surface area (Å²) in [5.41, 5.74) is 0.750. The Morgan fingerprint density at radius 1 is 1.36 bits per heavy atom. The van der Waals surface area contributed by atoms with Gasteiger partial charge < -0.3 is 0 Å². The Morgan fingerprint density at radius 3 is 3.00 bits per heavy atom. The van der Waals surface area contributed by atoms with Crippen LogP contribution in [0.1, 0.15) is 25.6 Å². The molecule has 2 heterocycles. The van der Waals surface area contributed by atoms with Crippen molar-refractivity contribution in [2.75, 3.05) is 0 Å². The molecular formula is C9H11ClN4. The van der Waals surface area contributed by atoms with Crippen LogP contribution in [-0.4, -0.2) is 19.8 Å². The molecule has 14 heavy (non-hydrogen) atoms. The molecule has 2 aromatic rings. The fraction of sp³-hybridized carbons (Fsp3) is 0.444. The molecule has 5 heteroatoms. The van der Waals surface area contributed by atoms with E-state index in [2.05, 4.69) is 22.2 Å². The van der Waals surface area contributed by atoms with E-state index in [1.54, 1.807) is 10.6 Å². The van der Waals surface area contributed by atoms with Crippen molar-refractivity contribution in [3.63, 3.8) is 0 Å². The summed E-state index contributed by atoms with van der Waals surface area (Å²) >= 11 is 5.79. The molecule has 0 amide bonds. The van der Waals surface area contributed by atoms with Crippen molar-refractivity contribution in [1.82, 2.24) is 19.8 Å². The van der Waals surface area contributed by atoms with Gasteiger partial charge in [0.05, 0.1) is 0 Å². The van der Waals surface area contributed by atoms with Gasteiger partial charge in [0, 0.05) is 6.42 Å². The van der Waals surface area contributed by atoms with E-state index in [9.17, 15) is 0 Å². The summed E-state index contributed by atoms with van der Waals surface area (Å²) in [6, 6.07) is 3.53. The number of unbranched alkanes of at least 4 members (excludes halogenated alkanes) is 1. The molecule has 0 aliphatic rings. The van der Waals surface area contributed by atoms with Crippen LogP contribution in [0.2, 0.25) is 5.15 Å². The van der Waals surface area contributed by atoms with Crippen molar-refractivity contribution in [2.24, 2.45) is 0 Å². The van der Waals surface area contributed by atoms with E-state index < -0.39 is 0 Å². The maximum Gasteiger partial charge on any atom is 0.178 e. The highest BCUT2D eigenvalue weighted by Gasteiger charge is 2.05. The summed E-state index contributed by atoms with van der Waals surface area (Å²) in [4.78, 5) is 0. The van der Waals surface area contributed by atoms with E-state index in [0.29, 0.717) is 5.15 Å². The van der Waals surface area contributed by atoms with Gasteiger partial charge >= 0.3 is 0 Å². The molecule has 2 aromatic heterocycles. The third-order valence-corrected chi connectivity index (χ3v) is 2.25. The molecule has 0 aromatic carbocycles. The van der Waals surface area contributed by atoms with Crippen LogP contribution in [0.3, 0.4) is 0 Å². The Balaban J connectivity index is 2.40. The van der Waals surface area contributed by atoms with Crippen molar-refractivity contribution in [3.8, 4) is 0 Å². The lowest BCUT2D eigenvalue weighted by Crippen LogP contribution is -1.98. The molecule has 0 bridgehead atoms. The molecule has 0 radical (unpaired) electrons. The van der Waals surface area contributed by atoms with E-state index in [4.69, 9.17) is 11.6 Å². The van der Waals surface area contributed by atoms with Gasteiger partial charge in [0.1, 0.15) is 5.15 Å². The molecule has 0 aliphatic heterocycles. The fourth-order valence-corrected chi connectivity index (χ4v) is 1.44. The van der Waals surface area contributed by atoms with Crippen molar-refractivity contribution < 1.29 is 0 Å². The van der Waals surface area contributed by atoms with Crippen LogP contribution >= 0.6 is 11.6 Å². The molecule has 0 saturated carbocycles. The van der Waals surface area contributed by atoms with Crippen LogP contribution in [0.15, 0.2) is 12.1 Å². The van der Waals surface area contributed by atoms with Gasteiger partial charge in [-0.2, -0.15) is 9.61 Å². The second-order valence-corrected chi connectivity index (χ2v) is 3.53. The highest BCUT2D eigenvalue weighted by molar-refractivity contribution is 6.29. The van der Waals surface area contributed by atoms with E-state index in [-0.39, 0.29) is 0 Å². The third-order valence-electron chi connectivity index (χ3n) is 2.05. The van der Waals surface area contributed by atoms with Gasteiger partial charge in [-0.15, -0.1) is 10.2 Å². The largest absolute Gasteiger partial charge is 0.196 e. The lowest BCUT2D eigenvalue weighted by molar-refractivity contribution is 0.719. The molecule has 4 nitrogen and oxygen atoms in total. The first-order chi connectivity index (χ1) is 6.81. The van der Waals surface area contributed by atoms with Gasteiger partial charge in [0.15, 0.2) is 11.5 Å². The Hall–Kier alpha value is -1.16. The number of fused-ring (bicyclic) bond motifs is 1. The molecule has 0 atom stereocenters. The minimum absolute atomic E-state index is 0.468. The number of rotatable bonds is 3. The zero-order chi connectivity index (χ0) is 9.97. The van der Waals surface area contributed by atoms with Crippen LogP contribution in [0.25, 0.3) is 5.65 Å². The number of halogens is 1. The molecule has 0 unspecified atom stereocenters. The number of nitrogens with zero attached hydrogens (tertiary/aromatic N) is 4. The molecule has 0 spiro atoms. The average Bonchev–Trinajstić information content (AvgIpc) is 2.57. The summed E-state index contributed by atoms with van der Waals surface area (Å²) < 4.78 is 1.71. The zero-order valence-electron chi connectivity index (χ0n) is 7.94. The SMILES string of the molecule is CCCCc1nnc2ccc(Cl)nn12. The Labute approximate surface area is 86.9 Å². The molecule has 0 fully saturated rings. The first kappa shape index (κ1) is 9.40. The number of aromatic nitrogens is 4. The van der Waals surface area contributed by atoms with Crippen molar-refractivity contribution in [1.29, 1.82) is 0 Å². The lowest BCUT2D eigenvalue weighted by atomic mass is 10.2. The van der Waals surface area contributed by atoms with Crippen LogP contribution in [0.5, 0.6) is 0 Å². The predicted octanol–water partition coefficient (Wildman–Crippen LogP) is 2.12. The van der Waals surface area contributed by atoms with Crippen molar-refractivity contribution in [2.45, 2.75) is 26.2 Å². The van der Waals surface area contributed by atoms with E-state index in [1.807, 2.05) is 6.07 Å². The second kappa shape index (κ2) is 3.92. The summed E-state index contributed by atoms with van der Waals surface area (Å²) in [5.74, 6) is 0.879. The number of hydrogen-bond acceptors (Lipinski definition) is 3. The minimum Gasteiger partial charge on any atom is -0.196 e. The van der Waals surface area contributed by atoms with Gasteiger partial charge in [-0.3, -0.25) is 0 Å². The summed E-state index contributed by atoms with van der Waals surface area (Å²) in [7, 11) is 0. The van der Waals surface area contributed by atoms with Gasteiger partial charge in [-0.25, -0.2) is 0 Å². The minimum atomic E-state index is 0.468. The normalized spacial score (nSPS) is 11.0. The van der Waals surface area contributed by atoms with E-state index in [0.717, 1.165) is 30.7 Å². The summed E-state index contributed by atoms with van der Waals surface area (Å²) in [5, 5.41) is 12.7. The Morgan fingerprint density at radius 2 is 2.21 bits per heavy atom. The van der Waals surface area contributed by atoms with Gasteiger partial charge in [-0.05, 0) is 18.6 Å². The molecule has 2 rings (SSSR count). The quantitative estimate of drug-likeness (QED) is 0.780. The standard InChI is InChI=1S/C9H11ClN4/c1-2-3-4-8-11-12-9-6-5-7(10)13-14(8)9/h5-6H,2-4H2,1H3. The van der Waals surface area contributed by atoms with Crippen LogP contribution in [-0.2, 0) is 6.42 Å². The maximum absolute atomic E-state index is 5.79. The average molecular weight is 211 g/mol. The second-order valence-electron chi connectivity index (χ2n) is 3.15. The molecular weight excluding hydrogens is 200 g/mol. The van der Waals surface area contributed by atoms with Crippen LogP contribution in [0.4, 0.5) is 0 Å². The fourth-order valence-electron chi connectivity index (χ4n) is 1.30. The first-order valence-electron chi connectivity index (χ1n) is 4.68. The predicted molar refractivity (Wildman–Crippen MR) is 54.4 cm³/mol. The summed E-state index contributed by atoms with van der Waals surface area (Å²) in [6.07, 6.45) is 3.12. The maximum atomic E-state index is 5.79. The number of hydrogen-bond donors (Lipinski definition) is 0. The Bertz CT molecular complexity index is 437. The smallest absolute Gasteiger partial charge is 0.178 e. The molecule has 0 aliphatic carbocycles. The van der Waals surface area contributed by atoms with Crippen LogP contribution in [0, 0.1) is 0 Å². The highest BCUT2D eigenvalue weighted by Crippen LogP contribution is 2.08. The monoisotopic (exact) mass is 210 g/mol. The van der Waals surface area contributed by atoms with E-state index >= 15 is 0 Å². The van der Waals surface area contributed by atoms with Crippen LogP contribution < -0.4 is 0 Å². The van der Waals surface area contributed by atoms with Crippen molar-refractivity contribution in [3.05, 3.63) is 23.1 Å². The van der Waals surface area contributed by atoms with E-state index in [1.165, 1.54) is 0 Å². The lowest BCUT2D eigenvalue weighted by Gasteiger charge is -1.97. The Kier molecular flexibility index (Phi) is 2.63. The number of aryl methyl sites for hydroxylation is 1. The zero-order valence-corrected chi connectivity index (χ0v) is 8.70. The molecule has 74 valence electrons. The van der Waals surface area contributed by atoms with Gasteiger partial charge in [0.25, 0.3) is 0 Å². The third kappa shape index (κ3) is 1.70. The molecule has 0 N–H and O–H groups in total. The first-order valence-corrected chi connectivity index (χ1v) is 5.06.